The third kappa shape index (κ3) is 3.52. The number of sulfonamides is 1. The van der Waals surface area contributed by atoms with Crippen LogP contribution in [-0.4, -0.2) is 25.9 Å². The van der Waals surface area contributed by atoms with Crippen molar-refractivity contribution in [1.82, 2.24) is 5.16 Å². The Balaban J connectivity index is 2.43. The van der Waals surface area contributed by atoms with Gasteiger partial charge in [0.2, 0.25) is 21.5 Å². The van der Waals surface area contributed by atoms with Crippen molar-refractivity contribution < 1.29 is 26.9 Å². The zero-order valence-electron chi connectivity index (χ0n) is 11.6. The van der Waals surface area contributed by atoms with Gasteiger partial charge in [0.05, 0.1) is 11.9 Å². The minimum absolute atomic E-state index is 0.00102. The minimum Gasteiger partial charge on any atom is -0.404 e. The van der Waals surface area contributed by atoms with Crippen molar-refractivity contribution in [2.24, 2.45) is 5.73 Å². The number of amides is 1. The van der Waals surface area contributed by atoms with Crippen molar-refractivity contribution in [2.45, 2.75) is 6.92 Å². The molecule has 1 aromatic carbocycles. The molecular weight excluding hydrogens is 317 g/mol. The number of nitrogens with two attached hydrogens (primary N) is 1. The van der Waals surface area contributed by atoms with Crippen molar-refractivity contribution >= 4 is 21.8 Å². The number of benzene rings is 1. The lowest BCUT2D eigenvalue weighted by atomic mass is 10.1. The summed E-state index contributed by atoms with van der Waals surface area (Å²) in [4.78, 5) is 10.9. The highest BCUT2D eigenvalue weighted by Gasteiger charge is 2.20. The second-order valence-electron chi connectivity index (χ2n) is 4.42. The fourth-order valence-electron chi connectivity index (χ4n) is 1.70. The molecule has 0 bridgehead atoms. The largest absolute Gasteiger partial charge is 0.410 e. The molecule has 22 heavy (non-hydrogen) atoms. The fraction of sp³-hybridized carbons (Fsp3) is 0.167. The topological polar surface area (TPSA) is 125 Å². The molecule has 10 heteroatoms. The lowest BCUT2D eigenvalue weighted by molar-refractivity contribution is 0.210. The van der Waals surface area contributed by atoms with Crippen LogP contribution in [0.5, 0.6) is 5.75 Å². The monoisotopic (exact) mass is 329 g/mol. The number of aryl methyl sites for hydroxylation is 1. The number of ether oxygens (including phenoxy) is 1. The number of aromatic nitrogens is 1. The summed E-state index contributed by atoms with van der Waals surface area (Å²) >= 11 is 0. The predicted octanol–water partition coefficient (Wildman–Crippen LogP) is 1.62. The Hall–Kier alpha value is -2.62. The molecule has 0 unspecified atom stereocenters. The number of rotatable bonds is 4. The SMILES string of the molecule is Cc1noc(-c2ccc(NS(C)(=O)=O)c(F)c2)c1OC(N)=O. The smallest absolute Gasteiger partial charge is 0.404 e. The predicted molar refractivity (Wildman–Crippen MR) is 75.3 cm³/mol. The molecule has 0 radical (unpaired) electrons. The van der Waals surface area contributed by atoms with Crippen LogP contribution < -0.4 is 15.2 Å². The first-order chi connectivity index (χ1) is 10.2. The summed E-state index contributed by atoms with van der Waals surface area (Å²) < 4.78 is 47.9. The molecule has 2 aromatic rings. The maximum Gasteiger partial charge on any atom is 0.410 e. The van der Waals surface area contributed by atoms with Gasteiger partial charge in [-0.3, -0.25) is 4.72 Å². The van der Waals surface area contributed by atoms with Gasteiger partial charge in [0.15, 0.2) is 0 Å². The van der Waals surface area contributed by atoms with Gasteiger partial charge in [-0.2, -0.15) is 0 Å². The summed E-state index contributed by atoms with van der Waals surface area (Å²) in [6, 6.07) is 3.60. The van der Waals surface area contributed by atoms with Crippen molar-refractivity contribution in [3.05, 3.63) is 29.7 Å². The highest BCUT2D eigenvalue weighted by molar-refractivity contribution is 7.92. The summed E-state index contributed by atoms with van der Waals surface area (Å²) in [6.45, 7) is 1.52. The second-order valence-corrected chi connectivity index (χ2v) is 6.16. The lowest BCUT2D eigenvalue weighted by Gasteiger charge is -2.07. The van der Waals surface area contributed by atoms with E-state index in [2.05, 4.69) is 5.16 Å². The molecule has 0 aliphatic heterocycles. The number of nitrogens with zero attached hydrogens (tertiary/aromatic N) is 1. The third-order valence-corrected chi connectivity index (χ3v) is 3.13. The van der Waals surface area contributed by atoms with E-state index < -0.39 is 21.9 Å². The summed E-state index contributed by atoms with van der Waals surface area (Å²) in [5.41, 5.74) is 5.18. The molecule has 1 heterocycles. The van der Waals surface area contributed by atoms with Gasteiger partial charge in [0, 0.05) is 5.56 Å². The van der Waals surface area contributed by atoms with E-state index in [1.54, 1.807) is 0 Å². The van der Waals surface area contributed by atoms with Gasteiger partial charge in [-0.05, 0) is 25.1 Å². The van der Waals surface area contributed by atoms with Crippen molar-refractivity contribution in [3.8, 4) is 17.1 Å². The molecule has 0 saturated heterocycles. The molecule has 1 aromatic heterocycles. The molecule has 0 spiro atoms. The number of primary amides is 1. The van der Waals surface area contributed by atoms with E-state index in [1.165, 1.54) is 19.1 Å². The molecular formula is C12H12FN3O5S. The Labute approximate surface area is 125 Å². The Kier molecular flexibility index (Phi) is 4.04. The van der Waals surface area contributed by atoms with Crippen LogP contribution in [0.1, 0.15) is 5.69 Å². The number of nitrogens with one attached hydrogen (secondary N) is 1. The van der Waals surface area contributed by atoms with Gasteiger partial charge in [0.25, 0.3) is 0 Å². The molecule has 2 rings (SSSR count). The Morgan fingerprint density at radius 3 is 2.68 bits per heavy atom. The first-order valence-electron chi connectivity index (χ1n) is 5.88. The number of anilines is 1. The van der Waals surface area contributed by atoms with Crippen LogP contribution in [0.2, 0.25) is 0 Å². The summed E-state index contributed by atoms with van der Waals surface area (Å²) in [5, 5.41) is 3.62. The standard InChI is InChI=1S/C12H12FN3O5S/c1-6-10(20-12(14)17)11(21-15-6)7-3-4-9(8(13)5-7)16-22(2,18)19/h3-5,16H,1-2H3,(H2,14,17). The summed E-state index contributed by atoms with van der Waals surface area (Å²) in [7, 11) is -3.61. The lowest BCUT2D eigenvalue weighted by Crippen LogP contribution is -2.16. The first kappa shape index (κ1) is 15.8. The van der Waals surface area contributed by atoms with Crippen LogP contribution in [0.3, 0.4) is 0 Å². The van der Waals surface area contributed by atoms with Crippen LogP contribution in [0, 0.1) is 12.7 Å². The van der Waals surface area contributed by atoms with E-state index in [0.29, 0.717) is 0 Å². The molecule has 0 saturated carbocycles. The van der Waals surface area contributed by atoms with E-state index >= 15 is 0 Å². The highest BCUT2D eigenvalue weighted by Crippen LogP contribution is 2.34. The number of carbonyl (C=O) groups is 1. The molecule has 3 N–H and O–H groups in total. The van der Waals surface area contributed by atoms with E-state index in [4.69, 9.17) is 15.0 Å². The maximum absolute atomic E-state index is 13.9. The highest BCUT2D eigenvalue weighted by atomic mass is 32.2. The average Bonchev–Trinajstić information content (AvgIpc) is 2.72. The van der Waals surface area contributed by atoms with E-state index in [9.17, 15) is 17.6 Å². The van der Waals surface area contributed by atoms with Crippen molar-refractivity contribution in [2.75, 3.05) is 11.0 Å². The number of halogens is 1. The van der Waals surface area contributed by atoms with Crippen LogP contribution in [0.4, 0.5) is 14.9 Å². The van der Waals surface area contributed by atoms with Gasteiger partial charge < -0.3 is 15.0 Å². The van der Waals surface area contributed by atoms with E-state index in [1.807, 2.05) is 4.72 Å². The van der Waals surface area contributed by atoms with Crippen LogP contribution >= 0.6 is 0 Å². The third-order valence-electron chi connectivity index (χ3n) is 2.54. The fourth-order valence-corrected chi connectivity index (χ4v) is 2.27. The number of hydrogen-bond donors (Lipinski definition) is 2. The van der Waals surface area contributed by atoms with Gasteiger partial charge in [-0.1, -0.05) is 5.16 Å². The molecule has 0 aliphatic carbocycles. The van der Waals surface area contributed by atoms with Crippen LogP contribution in [-0.2, 0) is 10.0 Å². The molecule has 0 atom stereocenters. The Morgan fingerprint density at radius 1 is 1.45 bits per heavy atom. The molecule has 0 aliphatic rings. The number of hydrogen-bond acceptors (Lipinski definition) is 6. The van der Waals surface area contributed by atoms with Crippen LogP contribution in [0.15, 0.2) is 22.7 Å². The zero-order chi connectivity index (χ0) is 16.5. The minimum atomic E-state index is -3.61. The average molecular weight is 329 g/mol. The molecule has 8 nitrogen and oxygen atoms in total. The molecule has 118 valence electrons. The van der Waals surface area contributed by atoms with Gasteiger partial charge >= 0.3 is 6.09 Å². The number of carbonyl (C=O) groups excluding carboxylic acids is 1. The maximum atomic E-state index is 13.9. The van der Waals surface area contributed by atoms with Crippen molar-refractivity contribution in [1.29, 1.82) is 0 Å². The summed E-state index contributed by atoms with van der Waals surface area (Å²) in [6.07, 6.45) is -0.165. The van der Waals surface area contributed by atoms with E-state index in [-0.39, 0.29) is 28.5 Å². The Bertz CT molecular complexity index is 831. The van der Waals surface area contributed by atoms with Gasteiger partial charge in [0.1, 0.15) is 11.5 Å². The van der Waals surface area contributed by atoms with Crippen LogP contribution in [0.25, 0.3) is 11.3 Å². The quantitative estimate of drug-likeness (QED) is 0.878. The first-order valence-corrected chi connectivity index (χ1v) is 7.78. The molecule has 1 amide bonds. The van der Waals surface area contributed by atoms with E-state index in [0.717, 1.165) is 12.3 Å². The second kappa shape index (κ2) is 5.64. The van der Waals surface area contributed by atoms with Gasteiger partial charge in [-0.25, -0.2) is 17.6 Å². The Morgan fingerprint density at radius 2 is 2.14 bits per heavy atom. The van der Waals surface area contributed by atoms with Crippen molar-refractivity contribution in [3.63, 3.8) is 0 Å². The van der Waals surface area contributed by atoms with Gasteiger partial charge in [-0.15, -0.1) is 0 Å². The zero-order valence-corrected chi connectivity index (χ0v) is 12.4. The molecule has 0 fully saturated rings. The normalized spacial score (nSPS) is 11.2. The summed E-state index contributed by atoms with van der Waals surface area (Å²) in [5.74, 6) is -0.862.